The van der Waals surface area contributed by atoms with Crippen LogP contribution in [0.4, 0.5) is 5.69 Å². The van der Waals surface area contributed by atoms with Crippen LogP contribution in [0, 0.1) is 20.8 Å². The number of hydrogen-bond donors (Lipinski definition) is 2. The van der Waals surface area contributed by atoms with Crippen molar-refractivity contribution < 1.29 is 17.7 Å². The van der Waals surface area contributed by atoms with Gasteiger partial charge < -0.3 is 9.84 Å². The van der Waals surface area contributed by atoms with Crippen LogP contribution in [-0.4, -0.2) is 24.5 Å². The first-order valence-electron chi connectivity index (χ1n) is 9.31. The van der Waals surface area contributed by atoms with Crippen LogP contribution in [0.15, 0.2) is 51.9 Å². The molecule has 0 spiro atoms. The third-order valence-corrected chi connectivity index (χ3v) is 6.08. The van der Waals surface area contributed by atoms with Crippen molar-refractivity contribution >= 4 is 21.6 Å². The zero-order valence-corrected chi connectivity index (χ0v) is 18.3. The highest BCUT2D eigenvalue weighted by atomic mass is 32.2. The SMILES string of the molecule is Cc1nc(C(C)(C)NC(=O)c2ccc(NS(=O)(=O)c3ccc(C)c(C)c3)cc2)no1. The summed E-state index contributed by atoms with van der Waals surface area (Å²) in [5.41, 5.74) is 1.81. The van der Waals surface area contributed by atoms with Crippen LogP contribution in [0.2, 0.25) is 0 Å². The van der Waals surface area contributed by atoms with Gasteiger partial charge >= 0.3 is 0 Å². The maximum Gasteiger partial charge on any atom is 0.261 e. The minimum Gasteiger partial charge on any atom is -0.340 e. The van der Waals surface area contributed by atoms with E-state index in [1.807, 2.05) is 13.8 Å². The first-order chi connectivity index (χ1) is 14.0. The van der Waals surface area contributed by atoms with Crippen molar-refractivity contribution in [1.82, 2.24) is 15.5 Å². The molecule has 0 atom stereocenters. The number of anilines is 1. The molecule has 30 heavy (non-hydrogen) atoms. The number of aromatic nitrogens is 2. The molecule has 8 nitrogen and oxygen atoms in total. The van der Waals surface area contributed by atoms with Crippen LogP contribution < -0.4 is 10.0 Å². The summed E-state index contributed by atoms with van der Waals surface area (Å²) in [7, 11) is -3.73. The van der Waals surface area contributed by atoms with E-state index in [4.69, 9.17) is 4.52 Å². The van der Waals surface area contributed by atoms with Crippen LogP contribution >= 0.6 is 0 Å². The minimum atomic E-state index is -3.73. The van der Waals surface area contributed by atoms with Crippen LogP contribution in [-0.2, 0) is 15.6 Å². The molecule has 1 amide bonds. The number of aryl methyl sites for hydroxylation is 3. The molecule has 0 radical (unpaired) electrons. The zero-order chi connectivity index (χ0) is 22.1. The monoisotopic (exact) mass is 428 g/mol. The molecule has 0 fully saturated rings. The highest BCUT2D eigenvalue weighted by molar-refractivity contribution is 7.92. The number of sulfonamides is 1. The van der Waals surface area contributed by atoms with Gasteiger partial charge in [0, 0.05) is 18.2 Å². The summed E-state index contributed by atoms with van der Waals surface area (Å²) in [5.74, 6) is 0.435. The summed E-state index contributed by atoms with van der Waals surface area (Å²) >= 11 is 0. The molecule has 2 N–H and O–H groups in total. The van der Waals surface area contributed by atoms with Crippen LogP contribution in [0.3, 0.4) is 0 Å². The summed E-state index contributed by atoms with van der Waals surface area (Å²) in [6, 6.07) is 11.1. The zero-order valence-electron chi connectivity index (χ0n) is 17.5. The fourth-order valence-electron chi connectivity index (χ4n) is 2.75. The number of nitrogens with one attached hydrogen (secondary N) is 2. The Morgan fingerprint density at radius 3 is 2.23 bits per heavy atom. The molecule has 0 unspecified atom stereocenters. The average molecular weight is 429 g/mol. The molecule has 3 aromatic rings. The second kappa shape index (κ2) is 7.91. The van der Waals surface area contributed by atoms with Crippen molar-refractivity contribution in [1.29, 1.82) is 0 Å². The molecule has 0 aliphatic heterocycles. The normalized spacial score (nSPS) is 11.9. The summed E-state index contributed by atoms with van der Waals surface area (Å²) in [6.07, 6.45) is 0. The molecule has 0 bridgehead atoms. The van der Waals surface area contributed by atoms with Crippen molar-refractivity contribution in [3.05, 3.63) is 70.9 Å². The Morgan fingerprint density at radius 2 is 1.67 bits per heavy atom. The number of carbonyl (C=O) groups is 1. The molecule has 1 aromatic heterocycles. The Morgan fingerprint density at radius 1 is 1.00 bits per heavy atom. The lowest BCUT2D eigenvalue weighted by Crippen LogP contribution is -2.41. The van der Waals surface area contributed by atoms with Gasteiger partial charge in [-0.3, -0.25) is 9.52 Å². The van der Waals surface area contributed by atoms with Crippen molar-refractivity contribution in [2.75, 3.05) is 4.72 Å². The second-order valence-electron chi connectivity index (χ2n) is 7.65. The molecule has 158 valence electrons. The maximum absolute atomic E-state index is 12.6. The van der Waals surface area contributed by atoms with Crippen molar-refractivity contribution in [2.45, 2.75) is 45.1 Å². The minimum absolute atomic E-state index is 0.185. The van der Waals surface area contributed by atoms with Gasteiger partial charge in [-0.15, -0.1) is 0 Å². The van der Waals surface area contributed by atoms with Gasteiger partial charge in [0.2, 0.25) is 5.89 Å². The van der Waals surface area contributed by atoms with E-state index < -0.39 is 15.6 Å². The Hall–Kier alpha value is -3.20. The molecule has 0 aliphatic carbocycles. The summed E-state index contributed by atoms with van der Waals surface area (Å²) in [6.45, 7) is 8.98. The van der Waals surface area contributed by atoms with E-state index in [1.54, 1.807) is 63.2 Å². The van der Waals surface area contributed by atoms with E-state index >= 15 is 0 Å². The lowest BCUT2D eigenvalue weighted by molar-refractivity contribution is 0.0907. The van der Waals surface area contributed by atoms with E-state index in [1.165, 1.54) is 0 Å². The average Bonchev–Trinajstić information content (AvgIpc) is 3.11. The number of benzene rings is 2. The highest BCUT2D eigenvalue weighted by Crippen LogP contribution is 2.21. The van der Waals surface area contributed by atoms with Gasteiger partial charge in [-0.2, -0.15) is 4.98 Å². The van der Waals surface area contributed by atoms with E-state index in [-0.39, 0.29) is 10.8 Å². The molecule has 3 rings (SSSR count). The number of carbonyl (C=O) groups excluding carboxylic acids is 1. The molecular formula is C21H24N4O4S. The Balaban J connectivity index is 1.72. The van der Waals surface area contributed by atoms with Crippen LogP contribution in [0.25, 0.3) is 0 Å². The van der Waals surface area contributed by atoms with Gasteiger partial charge in [0.05, 0.1) is 10.4 Å². The molecule has 2 aromatic carbocycles. The quantitative estimate of drug-likeness (QED) is 0.621. The van der Waals surface area contributed by atoms with E-state index in [2.05, 4.69) is 20.2 Å². The van der Waals surface area contributed by atoms with Gasteiger partial charge in [0.25, 0.3) is 15.9 Å². The lowest BCUT2D eigenvalue weighted by atomic mass is 10.0. The Kier molecular flexibility index (Phi) is 5.67. The van der Waals surface area contributed by atoms with Gasteiger partial charge in [0.15, 0.2) is 5.82 Å². The van der Waals surface area contributed by atoms with Gasteiger partial charge in [-0.05, 0) is 75.2 Å². The first-order valence-corrected chi connectivity index (χ1v) is 10.8. The predicted octanol–water partition coefficient (Wildman–Crippen LogP) is 3.46. The van der Waals surface area contributed by atoms with Crippen LogP contribution in [0.1, 0.15) is 47.0 Å². The second-order valence-corrected chi connectivity index (χ2v) is 9.33. The lowest BCUT2D eigenvalue weighted by Gasteiger charge is -2.22. The number of rotatable bonds is 6. The largest absolute Gasteiger partial charge is 0.340 e. The van der Waals surface area contributed by atoms with Crippen molar-refractivity contribution in [3.8, 4) is 0 Å². The number of amides is 1. The van der Waals surface area contributed by atoms with Crippen molar-refractivity contribution in [3.63, 3.8) is 0 Å². The Labute approximate surface area is 175 Å². The molecule has 0 saturated carbocycles. The fraction of sp³-hybridized carbons (Fsp3) is 0.286. The first kappa shape index (κ1) is 21.5. The van der Waals surface area contributed by atoms with Crippen LogP contribution in [0.5, 0.6) is 0 Å². The smallest absolute Gasteiger partial charge is 0.261 e. The third kappa shape index (κ3) is 4.68. The summed E-state index contributed by atoms with van der Waals surface area (Å²) < 4.78 is 32.7. The number of hydrogen-bond acceptors (Lipinski definition) is 6. The molecule has 0 saturated heterocycles. The van der Waals surface area contributed by atoms with Gasteiger partial charge in [-0.1, -0.05) is 11.2 Å². The van der Waals surface area contributed by atoms with E-state index in [0.717, 1.165) is 11.1 Å². The maximum atomic E-state index is 12.6. The topological polar surface area (TPSA) is 114 Å². The molecule has 9 heteroatoms. The standard InChI is InChI=1S/C21H24N4O4S/c1-13-6-11-18(12-14(13)2)30(27,28)25-17-9-7-16(8-10-17)19(26)23-21(4,5)20-22-15(3)29-24-20/h6-12,25H,1-5H3,(H,23,26). The number of nitrogens with zero attached hydrogens (tertiary/aromatic N) is 2. The summed E-state index contributed by atoms with van der Waals surface area (Å²) in [5, 5.41) is 6.70. The molecular weight excluding hydrogens is 404 g/mol. The predicted molar refractivity (Wildman–Crippen MR) is 113 cm³/mol. The van der Waals surface area contributed by atoms with E-state index in [9.17, 15) is 13.2 Å². The summed E-state index contributed by atoms with van der Waals surface area (Å²) in [4.78, 5) is 16.9. The van der Waals surface area contributed by atoms with Gasteiger partial charge in [0.1, 0.15) is 0 Å². The highest BCUT2D eigenvalue weighted by Gasteiger charge is 2.28. The van der Waals surface area contributed by atoms with Gasteiger partial charge in [-0.25, -0.2) is 8.42 Å². The fourth-order valence-corrected chi connectivity index (χ4v) is 3.89. The third-order valence-electron chi connectivity index (χ3n) is 4.70. The van der Waals surface area contributed by atoms with E-state index in [0.29, 0.717) is 23.0 Å². The Bertz CT molecular complexity index is 1180. The molecule has 0 aliphatic rings. The molecule has 1 heterocycles. The van der Waals surface area contributed by atoms with Crippen molar-refractivity contribution in [2.24, 2.45) is 0 Å².